The fourth-order valence-corrected chi connectivity index (χ4v) is 12.3. The van der Waals surface area contributed by atoms with Gasteiger partial charge in [0.15, 0.2) is 6.29 Å². The molecule has 1 aliphatic heterocycles. The fourth-order valence-electron chi connectivity index (χ4n) is 12.3. The van der Waals surface area contributed by atoms with Crippen LogP contribution in [0.2, 0.25) is 0 Å². The van der Waals surface area contributed by atoms with Crippen LogP contribution in [-0.2, 0) is 23.8 Å². The van der Waals surface area contributed by atoms with Gasteiger partial charge in [-0.05, 0) is 89.9 Å². The van der Waals surface area contributed by atoms with Gasteiger partial charge in [-0.25, -0.2) is 0 Å². The van der Waals surface area contributed by atoms with Crippen molar-refractivity contribution >= 4 is 11.9 Å². The number of ether oxygens (including phenoxy) is 3. The van der Waals surface area contributed by atoms with Gasteiger partial charge in [-0.15, -0.1) is 0 Å². The van der Waals surface area contributed by atoms with Crippen molar-refractivity contribution in [2.75, 3.05) is 19.8 Å². The van der Waals surface area contributed by atoms with Crippen molar-refractivity contribution in [3.05, 3.63) is 48.6 Å². The third kappa shape index (κ3) is 56.0. The zero-order chi connectivity index (χ0) is 65.1. The minimum atomic E-state index is -1.57. The van der Waals surface area contributed by atoms with E-state index in [1.807, 2.05) is 6.08 Å². The van der Waals surface area contributed by atoms with E-state index in [4.69, 9.17) is 14.2 Å². The lowest BCUT2D eigenvalue weighted by Crippen LogP contribution is -2.60. The van der Waals surface area contributed by atoms with Crippen LogP contribution in [0.25, 0.3) is 0 Å². The highest BCUT2D eigenvalue weighted by atomic mass is 16.7. The molecule has 1 aliphatic rings. The summed E-state index contributed by atoms with van der Waals surface area (Å²) < 4.78 is 16.7. The van der Waals surface area contributed by atoms with Crippen molar-refractivity contribution < 1.29 is 49.3 Å². The summed E-state index contributed by atoms with van der Waals surface area (Å²) in [5.41, 5.74) is 0. The van der Waals surface area contributed by atoms with Crippen molar-refractivity contribution in [3.63, 3.8) is 0 Å². The molecule has 0 aliphatic carbocycles. The second-order valence-electron chi connectivity index (χ2n) is 27.1. The number of carbonyl (C=O) groups is 2. The molecule has 0 saturated carbocycles. The summed E-state index contributed by atoms with van der Waals surface area (Å²) in [6.45, 7) is 4.33. The van der Waals surface area contributed by atoms with Crippen LogP contribution >= 0.6 is 0 Å². The van der Waals surface area contributed by atoms with Crippen LogP contribution in [0.15, 0.2) is 48.6 Å². The molecular weight excluding hydrogens is 1120 g/mol. The van der Waals surface area contributed by atoms with Crippen LogP contribution in [0, 0.1) is 0 Å². The molecule has 7 atom stereocenters. The van der Waals surface area contributed by atoms with Crippen LogP contribution in [0.3, 0.4) is 0 Å². The number of esters is 1. The molecule has 528 valence electrons. The van der Waals surface area contributed by atoms with Gasteiger partial charge in [0.25, 0.3) is 0 Å². The molecule has 11 heteroatoms. The zero-order valence-electron chi connectivity index (χ0n) is 58.9. The highest BCUT2D eigenvalue weighted by molar-refractivity contribution is 5.76. The zero-order valence-corrected chi connectivity index (χ0v) is 58.9. The number of hydrogen-bond acceptors (Lipinski definition) is 10. The maximum absolute atomic E-state index is 13.0. The number of unbranched alkanes of at least 4 members (excludes halogenated alkanes) is 49. The molecule has 0 aromatic carbocycles. The van der Waals surface area contributed by atoms with Gasteiger partial charge in [0.2, 0.25) is 5.91 Å². The van der Waals surface area contributed by atoms with Crippen molar-refractivity contribution in [3.8, 4) is 0 Å². The quantitative estimate of drug-likeness (QED) is 0.0195. The number of nitrogens with one attached hydrogen (secondary N) is 1. The molecule has 90 heavy (non-hydrogen) atoms. The Hall–Kier alpha value is -2.38. The summed E-state index contributed by atoms with van der Waals surface area (Å²) in [6, 6.07) is -0.806. The van der Waals surface area contributed by atoms with Crippen LogP contribution in [0.4, 0.5) is 0 Å². The molecule has 1 saturated heterocycles. The van der Waals surface area contributed by atoms with Gasteiger partial charge in [-0.3, -0.25) is 9.59 Å². The molecule has 0 aromatic rings. The standard InChI is InChI=1S/C79H147NO10/c1-3-5-7-9-11-13-14-15-16-17-38-41-44-47-51-55-59-63-67-75(84)88-68-64-60-56-52-48-45-42-39-36-34-32-30-28-26-24-22-20-18-19-21-23-25-27-29-31-33-35-37-40-43-46-50-54-58-62-66-74(83)80-71(72(82)65-61-57-53-49-12-10-8-6-4-2)70-89-79-78(87)77(86)76(85)73(69-81)90-79/h13-14,16-17,20,22,61,65,71-73,76-79,81-82,85-87H,3-12,15,18-19,21,23-60,62-64,66-70H2,1-2H3,(H,80,83)/b14-13-,17-16-,22-20-,65-61+. The smallest absolute Gasteiger partial charge is 0.305 e. The number of aliphatic hydroxyl groups is 5. The van der Waals surface area contributed by atoms with Gasteiger partial charge in [0.05, 0.1) is 32.0 Å². The van der Waals surface area contributed by atoms with E-state index in [-0.39, 0.29) is 18.5 Å². The van der Waals surface area contributed by atoms with E-state index in [0.29, 0.717) is 19.4 Å². The molecule has 1 rings (SSSR count). The highest BCUT2D eigenvalue weighted by Gasteiger charge is 2.44. The Bertz CT molecular complexity index is 1630. The molecule has 1 amide bonds. The molecular formula is C79H147NO10. The first-order chi connectivity index (χ1) is 44.2. The summed E-state index contributed by atoms with van der Waals surface area (Å²) in [5.74, 6) is -0.172. The number of carbonyl (C=O) groups excluding carboxylic acids is 2. The van der Waals surface area contributed by atoms with E-state index in [9.17, 15) is 35.1 Å². The van der Waals surface area contributed by atoms with Crippen molar-refractivity contribution in [2.24, 2.45) is 0 Å². The van der Waals surface area contributed by atoms with Gasteiger partial charge in [-0.2, -0.15) is 0 Å². The Balaban J connectivity index is 1.86. The number of aliphatic hydroxyl groups excluding tert-OH is 5. The summed E-state index contributed by atoms with van der Waals surface area (Å²) >= 11 is 0. The third-order valence-electron chi connectivity index (χ3n) is 18.4. The van der Waals surface area contributed by atoms with Crippen LogP contribution in [-0.4, -0.2) is 100 Å². The molecule has 0 bridgehead atoms. The molecule has 0 spiro atoms. The number of rotatable bonds is 69. The lowest BCUT2D eigenvalue weighted by atomic mass is 9.99. The SMILES string of the molecule is CCCCCC/C=C\C/C=C\CCCCCCCCCC(=O)OCCCCCCCCCCCCCCCC/C=C\CCCCCCCCCCCCCCCCCCCC(=O)NC(COC1OC(CO)C(O)C(O)C1O)C(O)/C=C/CCCCCCCCC. The lowest BCUT2D eigenvalue weighted by Gasteiger charge is -2.40. The highest BCUT2D eigenvalue weighted by Crippen LogP contribution is 2.24. The monoisotopic (exact) mass is 1270 g/mol. The van der Waals surface area contributed by atoms with Gasteiger partial charge < -0.3 is 45.1 Å². The maximum atomic E-state index is 13.0. The summed E-state index contributed by atoms with van der Waals surface area (Å²) in [4.78, 5) is 25.1. The maximum Gasteiger partial charge on any atom is 0.305 e. The summed E-state index contributed by atoms with van der Waals surface area (Å²) in [7, 11) is 0. The number of allylic oxidation sites excluding steroid dienone is 7. The predicted octanol–water partition coefficient (Wildman–Crippen LogP) is 20.7. The van der Waals surface area contributed by atoms with Gasteiger partial charge >= 0.3 is 5.97 Å². The average Bonchev–Trinajstić information content (AvgIpc) is 1.62. The Morgan fingerprint density at radius 2 is 0.744 bits per heavy atom. The largest absolute Gasteiger partial charge is 0.466 e. The normalized spacial score (nSPS) is 17.9. The minimum absolute atomic E-state index is 0.00642. The first-order valence-corrected chi connectivity index (χ1v) is 38.9. The van der Waals surface area contributed by atoms with Crippen LogP contribution < -0.4 is 5.32 Å². The molecule has 6 N–H and O–H groups in total. The topological polar surface area (TPSA) is 175 Å². The van der Waals surface area contributed by atoms with E-state index in [1.54, 1.807) is 6.08 Å². The second-order valence-corrected chi connectivity index (χ2v) is 27.1. The molecule has 0 aromatic heterocycles. The van der Waals surface area contributed by atoms with Crippen LogP contribution in [0.5, 0.6) is 0 Å². The average molecular weight is 1270 g/mol. The second kappa shape index (κ2) is 68.0. The molecule has 1 heterocycles. The predicted molar refractivity (Wildman–Crippen MR) is 380 cm³/mol. The van der Waals surface area contributed by atoms with Crippen molar-refractivity contribution in [1.29, 1.82) is 0 Å². The van der Waals surface area contributed by atoms with Crippen molar-refractivity contribution in [1.82, 2.24) is 5.32 Å². The number of hydrogen-bond donors (Lipinski definition) is 6. The first-order valence-electron chi connectivity index (χ1n) is 38.9. The first kappa shape index (κ1) is 85.6. The van der Waals surface area contributed by atoms with Gasteiger partial charge in [-0.1, -0.05) is 326 Å². The van der Waals surface area contributed by atoms with Crippen LogP contribution in [0.1, 0.15) is 380 Å². The summed E-state index contributed by atoms with van der Waals surface area (Å²) in [5, 5.41) is 54.3. The van der Waals surface area contributed by atoms with Crippen molar-refractivity contribution in [2.45, 2.75) is 423 Å². The molecule has 1 fully saturated rings. The third-order valence-corrected chi connectivity index (χ3v) is 18.4. The summed E-state index contributed by atoms with van der Waals surface area (Å²) in [6.07, 6.45) is 80.1. The Morgan fingerprint density at radius 3 is 1.14 bits per heavy atom. The number of amides is 1. The molecule has 7 unspecified atom stereocenters. The van der Waals surface area contributed by atoms with E-state index in [1.165, 1.54) is 289 Å². The molecule has 11 nitrogen and oxygen atoms in total. The minimum Gasteiger partial charge on any atom is -0.466 e. The van der Waals surface area contributed by atoms with Gasteiger partial charge in [0, 0.05) is 12.8 Å². The van der Waals surface area contributed by atoms with E-state index in [0.717, 1.165) is 64.2 Å². The Labute approximate surface area is 555 Å². The van der Waals surface area contributed by atoms with E-state index in [2.05, 4.69) is 55.6 Å². The Morgan fingerprint density at radius 1 is 0.411 bits per heavy atom. The Kier molecular flexibility index (Phi) is 64.7. The molecule has 0 radical (unpaired) electrons. The van der Waals surface area contributed by atoms with E-state index >= 15 is 0 Å². The van der Waals surface area contributed by atoms with Gasteiger partial charge in [0.1, 0.15) is 24.4 Å². The fraction of sp³-hybridized carbons (Fsp3) is 0.873. The lowest BCUT2D eigenvalue weighted by molar-refractivity contribution is -0.302. The van der Waals surface area contributed by atoms with E-state index < -0.39 is 49.5 Å².